The molecule has 0 aromatic heterocycles. The molecule has 2 aromatic rings. The molecule has 2 aromatic carbocycles. The van der Waals surface area contributed by atoms with E-state index in [1.165, 1.54) is 11.1 Å². The molecule has 1 aliphatic rings. The van der Waals surface area contributed by atoms with Gasteiger partial charge in [0.1, 0.15) is 5.75 Å². The summed E-state index contributed by atoms with van der Waals surface area (Å²) in [6.45, 7) is 0. The number of hydrogen-bond donors (Lipinski definition) is 1. The van der Waals surface area contributed by atoms with E-state index in [-0.39, 0.29) is 0 Å². The average Bonchev–Trinajstić information content (AvgIpc) is 2.67. The Labute approximate surface area is 94.4 Å². The minimum absolute atomic E-state index is 0.338. The summed E-state index contributed by atoms with van der Waals surface area (Å²) in [6, 6.07) is 11.6. The molecule has 1 nitrogen and oxygen atoms in total. The Bertz CT molecular complexity index is 618. The van der Waals surface area contributed by atoms with Crippen LogP contribution in [0.5, 0.6) is 5.75 Å². The van der Waals surface area contributed by atoms with Gasteiger partial charge in [-0.2, -0.15) is 0 Å². The molecule has 0 aliphatic heterocycles. The Morgan fingerprint density at radius 2 is 2.00 bits per heavy atom. The van der Waals surface area contributed by atoms with Gasteiger partial charge >= 0.3 is 0 Å². The minimum atomic E-state index is 0.338. The third-order valence-corrected chi connectivity index (χ3v) is 3.06. The first-order valence-electron chi connectivity index (χ1n) is 5.20. The van der Waals surface area contributed by atoms with Crippen LogP contribution in [-0.2, 0) is 6.42 Å². The number of benzene rings is 2. The van der Waals surface area contributed by atoms with Crippen LogP contribution >= 0.6 is 0 Å². The molecule has 0 radical (unpaired) electrons. The first kappa shape index (κ1) is 9.06. The molecule has 0 heterocycles. The van der Waals surface area contributed by atoms with Crippen molar-refractivity contribution in [3.63, 3.8) is 0 Å². The Morgan fingerprint density at radius 1 is 1.12 bits per heavy atom. The number of aromatic hydroxyl groups is 1. The van der Waals surface area contributed by atoms with Crippen LogP contribution < -0.4 is 0 Å². The van der Waals surface area contributed by atoms with Crippen molar-refractivity contribution in [1.82, 2.24) is 0 Å². The monoisotopic (exact) mass is 206 g/mol. The van der Waals surface area contributed by atoms with Crippen LogP contribution in [0.1, 0.15) is 16.7 Å². The van der Waals surface area contributed by atoms with E-state index in [4.69, 9.17) is 6.42 Å². The molecule has 1 N–H and O–H groups in total. The second-order valence-corrected chi connectivity index (χ2v) is 4.00. The number of phenols is 1. The van der Waals surface area contributed by atoms with Crippen molar-refractivity contribution in [2.45, 2.75) is 6.42 Å². The van der Waals surface area contributed by atoms with Gasteiger partial charge in [-0.1, -0.05) is 24.1 Å². The molecule has 1 heteroatoms. The van der Waals surface area contributed by atoms with E-state index in [1.54, 1.807) is 6.07 Å². The molecular formula is C15H10O. The van der Waals surface area contributed by atoms with Crippen molar-refractivity contribution in [3.05, 3.63) is 53.1 Å². The maximum absolute atomic E-state index is 9.89. The van der Waals surface area contributed by atoms with Gasteiger partial charge in [0.25, 0.3) is 0 Å². The summed E-state index contributed by atoms with van der Waals surface area (Å²) in [4.78, 5) is 0. The lowest BCUT2D eigenvalue weighted by Crippen LogP contribution is -1.81. The SMILES string of the molecule is C#Cc1ccc2c(c1)-c1c(O)cccc1C2. The summed E-state index contributed by atoms with van der Waals surface area (Å²) in [5.41, 5.74) is 5.27. The van der Waals surface area contributed by atoms with Crippen LogP contribution in [0, 0.1) is 12.3 Å². The van der Waals surface area contributed by atoms with Crippen molar-refractivity contribution in [2.75, 3.05) is 0 Å². The fourth-order valence-corrected chi connectivity index (χ4v) is 2.30. The summed E-state index contributed by atoms with van der Waals surface area (Å²) in [7, 11) is 0. The normalized spacial score (nSPS) is 11.7. The van der Waals surface area contributed by atoms with Crippen LogP contribution in [0.2, 0.25) is 0 Å². The highest BCUT2D eigenvalue weighted by Crippen LogP contribution is 2.42. The van der Waals surface area contributed by atoms with Crippen molar-refractivity contribution in [3.8, 4) is 29.2 Å². The van der Waals surface area contributed by atoms with Gasteiger partial charge in [-0.25, -0.2) is 0 Å². The Kier molecular flexibility index (Phi) is 1.78. The number of fused-ring (bicyclic) bond motifs is 3. The first-order valence-corrected chi connectivity index (χ1v) is 5.20. The minimum Gasteiger partial charge on any atom is -0.507 e. The van der Waals surface area contributed by atoms with Gasteiger partial charge in [0.05, 0.1) is 0 Å². The average molecular weight is 206 g/mol. The van der Waals surface area contributed by atoms with Gasteiger partial charge in [0, 0.05) is 11.1 Å². The molecule has 0 amide bonds. The van der Waals surface area contributed by atoms with E-state index in [9.17, 15) is 5.11 Å². The maximum Gasteiger partial charge on any atom is 0.123 e. The maximum atomic E-state index is 9.89. The van der Waals surface area contributed by atoms with Gasteiger partial charge in [-0.3, -0.25) is 0 Å². The summed E-state index contributed by atoms with van der Waals surface area (Å²) in [5.74, 6) is 2.96. The second kappa shape index (κ2) is 3.15. The van der Waals surface area contributed by atoms with Crippen molar-refractivity contribution in [2.24, 2.45) is 0 Å². The van der Waals surface area contributed by atoms with Crippen LogP contribution in [0.4, 0.5) is 0 Å². The number of phenolic OH excluding ortho intramolecular Hbond substituents is 1. The molecule has 1 aliphatic carbocycles. The van der Waals surface area contributed by atoms with Gasteiger partial charge in [-0.15, -0.1) is 6.42 Å². The highest BCUT2D eigenvalue weighted by atomic mass is 16.3. The topological polar surface area (TPSA) is 20.2 Å². The largest absolute Gasteiger partial charge is 0.507 e. The van der Waals surface area contributed by atoms with E-state index in [0.717, 1.165) is 23.1 Å². The number of rotatable bonds is 0. The zero-order chi connectivity index (χ0) is 11.1. The second-order valence-electron chi connectivity index (χ2n) is 4.00. The summed E-state index contributed by atoms with van der Waals surface area (Å²) < 4.78 is 0. The summed E-state index contributed by atoms with van der Waals surface area (Å²) in [6.07, 6.45) is 6.27. The highest BCUT2D eigenvalue weighted by Gasteiger charge is 2.21. The zero-order valence-electron chi connectivity index (χ0n) is 8.70. The molecule has 0 bridgehead atoms. The van der Waals surface area contributed by atoms with Crippen molar-refractivity contribution < 1.29 is 5.11 Å². The van der Waals surface area contributed by atoms with Crippen LogP contribution in [-0.4, -0.2) is 5.11 Å². The van der Waals surface area contributed by atoms with E-state index < -0.39 is 0 Å². The Hall–Kier alpha value is -2.20. The van der Waals surface area contributed by atoms with E-state index in [2.05, 4.69) is 5.92 Å². The fourth-order valence-electron chi connectivity index (χ4n) is 2.30. The highest BCUT2D eigenvalue weighted by molar-refractivity contribution is 5.82. The Morgan fingerprint density at radius 3 is 2.81 bits per heavy atom. The Balaban J connectivity index is 2.31. The molecular weight excluding hydrogens is 196 g/mol. The third kappa shape index (κ3) is 1.14. The molecule has 0 atom stereocenters. The van der Waals surface area contributed by atoms with E-state index >= 15 is 0 Å². The summed E-state index contributed by atoms with van der Waals surface area (Å²) >= 11 is 0. The molecule has 3 rings (SSSR count). The lowest BCUT2D eigenvalue weighted by atomic mass is 10.0. The lowest BCUT2D eigenvalue weighted by molar-refractivity contribution is 0.477. The fraction of sp³-hybridized carbons (Fsp3) is 0.0667. The lowest BCUT2D eigenvalue weighted by Gasteiger charge is -2.03. The molecule has 76 valence electrons. The molecule has 0 spiro atoms. The smallest absolute Gasteiger partial charge is 0.123 e. The van der Waals surface area contributed by atoms with Gasteiger partial charge in [0.2, 0.25) is 0 Å². The van der Waals surface area contributed by atoms with Gasteiger partial charge < -0.3 is 5.11 Å². The van der Waals surface area contributed by atoms with E-state index in [0.29, 0.717) is 5.75 Å². The van der Waals surface area contributed by atoms with E-state index in [1.807, 2.05) is 30.3 Å². The first-order chi connectivity index (χ1) is 7.79. The predicted molar refractivity (Wildman–Crippen MR) is 64.3 cm³/mol. The zero-order valence-corrected chi connectivity index (χ0v) is 8.70. The standard InChI is InChI=1S/C15H10O/c1-2-10-6-7-11-9-12-4-3-5-14(16)15(12)13(11)8-10/h1,3-8,16H,9H2. The molecule has 0 saturated heterocycles. The van der Waals surface area contributed by atoms with Crippen LogP contribution in [0.25, 0.3) is 11.1 Å². The van der Waals surface area contributed by atoms with Crippen LogP contribution in [0.3, 0.4) is 0 Å². The molecule has 0 saturated carbocycles. The molecule has 16 heavy (non-hydrogen) atoms. The number of terminal acetylenes is 1. The number of hydrogen-bond acceptors (Lipinski definition) is 1. The van der Waals surface area contributed by atoms with Gasteiger partial charge in [0.15, 0.2) is 0 Å². The van der Waals surface area contributed by atoms with Gasteiger partial charge in [-0.05, 0) is 41.3 Å². The quantitative estimate of drug-likeness (QED) is 0.561. The van der Waals surface area contributed by atoms with Crippen molar-refractivity contribution >= 4 is 0 Å². The summed E-state index contributed by atoms with van der Waals surface area (Å²) in [5, 5.41) is 9.89. The van der Waals surface area contributed by atoms with Crippen LogP contribution in [0.15, 0.2) is 36.4 Å². The predicted octanol–water partition coefficient (Wildman–Crippen LogP) is 2.94. The third-order valence-electron chi connectivity index (χ3n) is 3.06. The molecule has 0 unspecified atom stereocenters. The molecule has 0 fully saturated rings. The van der Waals surface area contributed by atoms with Crippen molar-refractivity contribution in [1.29, 1.82) is 0 Å².